The van der Waals surface area contributed by atoms with Crippen LogP contribution in [-0.2, 0) is 13.0 Å². The van der Waals surface area contributed by atoms with E-state index in [-0.39, 0.29) is 6.29 Å². The maximum Gasteiger partial charge on any atom is 0.201 e. The summed E-state index contributed by atoms with van der Waals surface area (Å²) >= 11 is 0. The van der Waals surface area contributed by atoms with Crippen LogP contribution in [-0.4, -0.2) is 39.2 Å². The summed E-state index contributed by atoms with van der Waals surface area (Å²) in [6, 6.07) is 8.37. The highest BCUT2D eigenvalue weighted by molar-refractivity contribution is 5.84. The number of nitrogens with zero attached hydrogens (tertiary/aromatic N) is 3. The highest BCUT2D eigenvalue weighted by atomic mass is 16.5. The first-order chi connectivity index (χ1) is 9.83. The molecule has 4 rings (SSSR count). The van der Waals surface area contributed by atoms with Crippen molar-refractivity contribution in [2.45, 2.75) is 19.3 Å². The van der Waals surface area contributed by atoms with Crippen LogP contribution in [0.4, 0.5) is 0 Å². The third-order valence-corrected chi connectivity index (χ3v) is 4.02. The van der Waals surface area contributed by atoms with Crippen molar-refractivity contribution in [3.63, 3.8) is 0 Å². The van der Waals surface area contributed by atoms with Crippen molar-refractivity contribution in [3.8, 4) is 0 Å². The maximum atomic E-state index is 9.92. The largest absolute Gasteiger partial charge is 0.358 e. The predicted molar refractivity (Wildman–Crippen MR) is 77.5 cm³/mol. The number of nitrogens with one attached hydrogen (secondary N) is 1. The van der Waals surface area contributed by atoms with Crippen LogP contribution in [0.25, 0.3) is 10.9 Å². The Hall–Kier alpha value is -2.11. The molecule has 20 heavy (non-hydrogen) atoms. The molecule has 3 heterocycles. The van der Waals surface area contributed by atoms with Crippen LogP contribution < -0.4 is 0 Å². The first kappa shape index (κ1) is 11.7. The Morgan fingerprint density at radius 2 is 2.20 bits per heavy atom. The quantitative estimate of drug-likeness (QED) is 0.832. The molecule has 0 bridgehead atoms. The number of rotatable bonds is 1. The summed E-state index contributed by atoms with van der Waals surface area (Å²) in [7, 11) is 0. The summed E-state index contributed by atoms with van der Waals surface area (Å²) in [5.74, 6) is 0. The predicted octanol–water partition coefficient (Wildman–Crippen LogP) is 2.10. The molecule has 102 valence electrons. The van der Waals surface area contributed by atoms with Gasteiger partial charge in [0, 0.05) is 48.5 Å². The third-order valence-electron chi connectivity index (χ3n) is 4.02. The van der Waals surface area contributed by atoms with Crippen molar-refractivity contribution in [1.82, 2.24) is 14.9 Å². The number of allylic oxidation sites excluding steroid dienone is 1. The fourth-order valence-electron chi connectivity index (χ4n) is 3.04. The number of para-hydroxylation sites is 1. The number of aromatic nitrogens is 1. The highest BCUT2D eigenvalue weighted by Crippen LogP contribution is 2.29. The molecule has 5 nitrogen and oxygen atoms in total. The molecule has 1 unspecified atom stereocenters. The van der Waals surface area contributed by atoms with Gasteiger partial charge in [0.2, 0.25) is 6.29 Å². The van der Waals surface area contributed by atoms with Crippen molar-refractivity contribution >= 4 is 17.1 Å². The van der Waals surface area contributed by atoms with Crippen molar-refractivity contribution < 1.29 is 5.21 Å². The number of H-pyrrole nitrogens is 1. The maximum absolute atomic E-state index is 9.92. The van der Waals surface area contributed by atoms with Crippen molar-refractivity contribution in [1.29, 1.82) is 0 Å². The van der Waals surface area contributed by atoms with Gasteiger partial charge in [-0.25, -0.2) is 5.06 Å². The molecule has 2 aromatic rings. The van der Waals surface area contributed by atoms with Crippen molar-refractivity contribution in [2.24, 2.45) is 4.99 Å². The van der Waals surface area contributed by atoms with E-state index in [1.165, 1.54) is 27.2 Å². The third kappa shape index (κ3) is 1.75. The Kier molecular flexibility index (Phi) is 2.61. The Morgan fingerprint density at radius 3 is 3.10 bits per heavy atom. The molecule has 0 spiro atoms. The summed E-state index contributed by atoms with van der Waals surface area (Å²) in [6.45, 7) is 1.68. The van der Waals surface area contributed by atoms with E-state index < -0.39 is 0 Å². The lowest BCUT2D eigenvalue weighted by Crippen LogP contribution is -2.46. The average Bonchev–Trinajstić information content (AvgIpc) is 2.85. The summed E-state index contributed by atoms with van der Waals surface area (Å²) < 4.78 is 0. The van der Waals surface area contributed by atoms with Gasteiger partial charge in [-0.05, 0) is 17.7 Å². The van der Waals surface area contributed by atoms with E-state index in [1.54, 1.807) is 18.5 Å². The zero-order valence-electron chi connectivity index (χ0n) is 11.0. The topological polar surface area (TPSA) is 54.9 Å². The van der Waals surface area contributed by atoms with Gasteiger partial charge >= 0.3 is 0 Å². The van der Waals surface area contributed by atoms with E-state index in [0.29, 0.717) is 0 Å². The molecule has 0 fully saturated rings. The van der Waals surface area contributed by atoms with E-state index in [2.05, 4.69) is 33.1 Å². The monoisotopic (exact) mass is 268 g/mol. The molecule has 0 saturated heterocycles. The van der Waals surface area contributed by atoms with Gasteiger partial charge in [0.15, 0.2) is 0 Å². The van der Waals surface area contributed by atoms with Crippen LogP contribution in [0, 0.1) is 0 Å². The standard InChI is InChI=1S/C15H16N4O/c20-19-8-3-7-16-15(19)18-9-6-14-12(10-18)11-4-1-2-5-13(11)17-14/h1-5,7-8,15,17,20H,6,9-10H2. The number of benzene rings is 1. The van der Waals surface area contributed by atoms with Gasteiger partial charge in [-0.3, -0.25) is 15.1 Å². The van der Waals surface area contributed by atoms with Crippen LogP contribution in [0.2, 0.25) is 0 Å². The lowest BCUT2D eigenvalue weighted by atomic mass is 10.0. The number of hydroxylamine groups is 2. The van der Waals surface area contributed by atoms with Crippen LogP contribution >= 0.6 is 0 Å². The Morgan fingerprint density at radius 1 is 1.30 bits per heavy atom. The van der Waals surface area contributed by atoms with E-state index in [9.17, 15) is 5.21 Å². The number of aromatic amines is 1. The van der Waals surface area contributed by atoms with Crippen LogP contribution in [0.15, 0.2) is 41.5 Å². The van der Waals surface area contributed by atoms with Gasteiger partial charge in [0.05, 0.1) is 0 Å². The normalized spacial score (nSPS) is 22.4. The molecule has 2 aliphatic rings. The smallest absolute Gasteiger partial charge is 0.201 e. The van der Waals surface area contributed by atoms with Crippen LogP contribution in [0.5, 0.6) is 0 Å². The molecular weight excluding hydrogens is 252 g/mol. The minimum Gasteiger partial charge on any atom is -0.358 e. The molecule has 1 aromatic carbocycles. The Balaban J connectivity index is 1.69. The number of hydrogen-bond acceptors (Lipinski definition) is 4. The summed E-state index contributed by atoms with van der Waals surface area (Å²) in [6.07, 6.45) is 5.75. The minimum atomic E-state index is -0.318. The molecule has 0 amide bonds. The van der Waals surface area contributed by atoms with Gasteiger partial charge in [-0.2, -0.15) is 0 Å². The molecule has 0 radical (unpaired) electrons. The van der Waals surface area contributed by atoms with Crippen molar-refractivity contribution in [3.05, 3.63) is 47.8 Å². The second-order valence-corrected chi connectivity index (χ2v) is 5.21. The summed E-state index contributed by atoms with van der Waals surface area (Å²) in [4.78, 5) is 10.0. The SMILES string of the molecule is ON1C=CC=NC1N1CCc2[nH]c3ccccc3c2C1. The second kappa shape index (κ2) is 4.47. The molecule has 1 atom stereocenters. The zero-order chi connectivity index (χ0) is 13.5. The lowest BCUT2D eigenvalue weighted by molar-refractivity contribution is -0.133. The Bertz CT molecular complexity index is 703. The number of fused-ring (bicyclic) bond motifs is 3. The first-order valence-corrected chi connectivity index (χ1v) is 6.82. The van der Waals surface area contributed by atoms with E-state index in [4.69, 9.17) is 0 Å². The molecule has 1 aromatic heterocycles. The summed E-state index contributed by atoms with van der Waals surface area (Å²) in [5.41, 5.74) is 3.82. The van der Waals surface area contributed by atoms with Crippen LogP contribution in [0.3, 0.4) is 0 Å². The lowest BCUT2D eigenvalue weighted by Gasteiger charge is -2.36. The number of aliphatic imine (C=N–C) groups is 1. The minimum absolute atomic E-state index is 0.318. The van der Waals surface area contributed by atoms with Gasteiger partial charge in [-0.15, -0.1) is 0 Å². The second-order valence-electron chi connectivity index (χ2n) is 5.21. The van der Waals surface area contributed by atoms with Crippen LogP contribution in [0.1, 0.15) is 11.3 Å². The fraction of sp³-hybridized carbons (Fsp3) is 0.267. The molecule has 5 heteroatoms. The number of hydrogen-bond donors (Lipinski definition) is 2. The average molecular weight is 268 g/mol. The first-order valence-electron chi connectivity index (χ1n) is 6.82. The molecule has 0 aliphatic carbocycles. The highest BCUT2D eigenvalue weighted by Gasteiger charge is 2.28. The molecular formula is C15H16N4O. The Labute approximate surface area is 116 Å². The molecule has 2 aliphatic heterocycles. The fourth-order valence-corrected chi connectivity index (χ4v) is 3.04. The van der Waals surface area contributed by atoms with E-state index in [0.717, 1.165) is 19.5 Å². The van der Waals surface area contributed by atoms with Gasteiger partial charge < -0.3 is 4.98 Å². The molecule has 0 saturated carbocycles. The van der Waals surface area contributed by atoms with Gasteiger partial charge in [0.1, 0.15) is 0 Å². The zero-order valence-corrected chi connectivity index (χ0v) is 11.0. The van der Waals surface area contributed by atoms with E-state index >= 15 is 0 Å². The summed E-state index contributed by atoms with van der Waals surface area (Å²) in [5, 5.41) is 12.4. The van der Waals surface area contributed by atoms with E-state index in [1.807, 2.05) is 6.07 Å². The molecule has 2 N–H and O–H groups in total. The van der Waals surface area contributed by atoms with Gasteiger partial charge in [-0.1, -0.05) is 18.2 Å². The van der Waals surface area contributed by atoms with Gasteiger partial charge in [0.25, 0.3) is 0 Å². The van der Waals surface area contributed by atoms with Crippen molar-refractivity contribution in [2.75, 3.05) is 6.54 Å².